The van der Waals surface area contributed by atoms with E-state index in [0.29, 0.717) is 5.88 Å². The molecule has 4 nitrogen and oxygen atoms in total. The summed E-state index contributed by atoms with van der Waals surface area (Å²) in [7, 11) is 0. The van der Waals surface area contributed by atoms with Crippen molar-refractivity contribution >= 4 is 21.7 Å². The number of halogens is 1. The Morgan fingerprint density at radius 1 is 1.25 bits per heavy atom. The number of hydrogen-bond acceptors (Lipinski definition) is 4. The third kappa shape index (κ3) is 3.70. The van der Waals surface area contributed by atoms with Gasteiger partial charge in [0.15, 0.2) is 0 Å². The van der Waals surface area contributed by atoms with Gasteiger partial charge in [0, 0.05) is 6.54 Å². The lowest BCUT2D eigenvalue weighted by Crippen LogP contribution is -2.04. The topological polar surface area (TPSA) is 47.0 Å². The lowest BCUT2D eigenvalue weighted by atomic mass is 10.2. The number of anilines is 1. The molecule has 106 valence electrons. The molecule has 0 aliphatic carbocycles. The van der Waals surface area contributed by atoms with Gasteiger partial charge < -0.3 is 10.1 Å². The number of ether oxygens (including phenoxy) is 1. The summed E-state index contributed by atoms with van der Waals surface area (Å²) in [5, 5.41) is 3.23. The first-order valence-corrected chi connectivity index (χ1v) is 7.55. The fourth-order valence-corrected chi connectivity index (χ4v) is 2.16. The van der Waals surface area contributed by atoms with Crippen LogP contribution in [0.5, 0.6) is 11.6 Å². The van der Waals surface area contributed by atoms with Crippen molar-refractivity contribution in [3.05, 3.63) is 40.6 Å². The molecule has 5 heteroatoms. The smallest absolute Gasteiger partial charge is 0.238 e. The van der Waals surface area contributed by atoms with Gasteiger partial charge in [0.1, 0.15) is 22.4 Å². The van der Waals surface area contributed by atoms with Gasteiger partial charge in [-0.15, -0.1) is 0 Å². The Balaban J connectivity index is 2.20. The van der Waals surface area contributed by atoms with E-state index in [-0.39, 0.29) is 0 Å². The van der Waals surface area contributed by atoms with Gasteiger partial charge in [-0.25, -0.2) is 9.97 Å². The Labute approximate surface area is 127 Å². The van der Waals surface area contributed by atoms with Crippen molar-refractivity contribution in [2.45, 2.75) is 26.7 Å². The molecule has 1 heterocycles. The van der Waals surface area contributed by atoms with Gasteiger partial charge >= 0.3 is 0 Å². The number of nitrogens with one attached hydrogen (secondary N) is 1. The van der Waals surface area contributed by atoms with Crippen LogP contribution in [0.2, 0.25) is 0 Å². The van der Waals surface area contributed by atoms with Crippen LogP contribution in [-0.4, -0.2) is 16.5 Å². The molecule has 2 aromatic rings. The van der Waals surface area contributed by atoms with Crippen LogP contribution in [-0.2, 0) is 6.42 Å². The van der Waals surface area contributed by atoms with Crippen LogP contribution < -0.4 is 10.1 Å². The third-order valence-electron chi connectivity index (χ3n) is 2.82. The van der Waals surface area contributed by atoms with Gasteiger partial charge in [0.2, 0.25) is 5.88 Å². The molecule has 0 bridgehead atoms. The summed E-state index contributed by atoms with van der Waals surface area (Å²) < 4.78 is 6.58. The van der Waals surface area contributed by atoms with Crippen molar-refractivity contribution in [1.29, 1.82) is 0 Å². The molecule has 0 aliphatic rings. The Morgan fingerprint density at radius 3 is 2.85 bits per heavy atom. The largest absolute Gasteiger partial charge is 0.438 e. The van der Waals surface area contributed by atoms with Gasteiger partial charge in [-0.1, -0.05) is 26.0 Å². The minimum absolute atomic E-state index is 0.520. The molecule has 0 spiro atoms. The zero-order valence-electron chi connectivity index (χ0n) is 11.7. The predicted octanol–water partition coefficient (Wildman–Crippen LogP) is 4.42. The molecule has 0 radical (unpaired) electrons. The summed E-state index contributed by atoms with van der Waals surface area (Å²) in [5.41, 5.74) is 1.23. The molecule has 0 amide bonds. The third-order valence-corrected chi connectivity index (χ3v) is 3.54. The molecule has 0 saturated carbocycles. The van der Waals surface area contributed by atoms with Crippen LogP contribution in [0.3, 0.4) is 0 Å². The quantitative estimate of drug-likeness (QED) is 0.848. The van der Waals surface area contributed by atoms with Crippen molar-refractivity contribution in [2.75, 3.05) is 11.9 Å². The Kier molecular flexibility index (Phi) is 5.35. The number of rotatable bonds is 6. The normalized spacial score (nSPS) is 10.3. The number of aryl methyl sites for hydroxylation is 1. The van der Waals surface area contributed by atoms with E-state index >= 15 is 0 Å². The maximum absolute atomic E-state index is 5.83. The van der Waals surface area contributed by atoms with Crippen LogP contribution in [0.1, 0.15) is 25.8 Å². The molecular weight excluding hydrogens is 318 g/mol. The highest BCUT2D eigenvalue weighted by Gasteiger charge is 2.10. The monoisotopic (exact) mass is 335 g/mol. The van der Waals surface area contributed by atoms with Crippen LogP contribution in [0.4, 0.5) is 5.82 Å². The van der Waals surface area contributed by atoms with Gasteiger partial charge in [0.25, 0.3) is 0 Å². The van der Waals surface area contributed by atoms with Crippen molar-refractivity contribution in [2.24, 2.45) is 0 Å². The van der Waals surface area contributed by atoms with E-state index in [1.165, 1.54) is 11.9 Å². The van der Waals surface area contributed by atoms with E-state index in [2.05, 4.69) is 51.1 Å². The lowest BCUT2D eigenvalue weighted by Gasteiger charge is -2.11. The summed E-state index contributed by atoms with van der Waals surface area (Å²) in [6, 6.07) is 8.01. The Morgan fingerprint density at radius 2 is 2.10 bits per heavy atom. The first-order valence-electron chi connectivity index (χ1n) is 6.75. The van der Waals surface area contributed by atoms with Crippen LogP contribution in [0.25, 0.3) is 0 Å². The van der Waals surface area contributed by atoms with Gasteiger partial charge in [-0.2, -0.15) is 0 Å². The minimum Gasteiger partial charge on any atom is -0.438 e. The van der Waals surface area contributed by atoms with E-state index in [9.17, 15) is 0 Å². The molecule has 2 rings (SSSR count). The van der Waals surface area contributed by atoms with E-state index in [0.717, 1.165) is 35.4 Å². The molecule has 20 heavy (non-hydrogen) atoms. The first-order chi connectivity index (χ1) is 9.74. The summed E-state index contributed by atoms with van der Waals surface area (Å²) in [4.78, 5) is 8.38. The van der Waals surface area contributed by atoms with Gasteiger partial charge in [-0.05, 0) is 46.5 Å². The molecule has 0 aliphatic heterocycles. The highest BCUT2D eigenvalue weighted by molar-refractivity contribution is 9.10. The minimum atomic E-state index is 0.520. The predicted molar refractivity (Wildman–Crippen MR) is 84.4 cm³/mol. The van der Waals surface area contributed by atoms with E-state index in [1.807, 2.05) is 18.2 Å². The van der Waals surface area contributed by atoms with Crippen LogP contribution in [0, 0.1) is 0 Å². The van der Waals surface area contributed by atoms with Crippen molar-refractivity contribution in [3.8, 4) is 11.6 Å². The summed E-state index contributed by atoms with van der Waals surface area (Å²) in [6.45, 7) is 5.09. The van der Waals surface area contributed by atoms with Crippen molar-refractivity contribution in [3.63, 3.8) is 0 Å². The van der Waals surface area contributed by atoms with Crippen LogP contribution >= 0.6 is 15.9 Å². The molecule has 1 N–H and O–H groups in total. The summed E-state index contributed by atoms with van der Waals surface area (Å²) in [6.07, 6.45) is 3.51. The highest BCUT2D eigenvalue weighted by atomic mass is 79.9. The summed E-state index contributed by atoms with van der Waals surface area (Å²) in [5.74, 6) is 2.06. The number of benzene rings is 1. The van der Waals surface area contributed by atoms with Crippen molar-refractivity contribution < 1.29 is 4.74 Å². The molecule has 1 aromatic carbocycles. The van der Waals surface area contributed by atoms with E-state index < -0.39 is 0 Å². The second-order valence-electron chi connectivity index (χ2n) is 4.37. The zero-order valence-corrected chi connectivity index (χ0v) is 13.3. The fraction of sp³-hybridized carbons (Fsp3) is 0.333. The molecule has 1 aromatic heterocycles. The second-order valence-corrected chi connectivity index (χ2v) is 5.16. The Bertz CT molecular complexity index is 575. The Hall–Kier alpha value is -1.62. The first kappa shape index (κ1) is 14.8. The molecule has 0 unspecified atom stereocenters. The molecule has 0 fully saturated rings. The zero-order chi connectivity index (χ0) is 14.4. The maximum atomic E-state index is 5.83. The molecule has 0 atom stereocenters. The van der Waals surface area contributed by atoms with Gasteiger partial charge in [0.05, 0.1) is 0 Å². The SMILES string of the molecule is CCCNc1ncnc(Oc2cccc(CC)c2)c1Br. The van der Waals surface area contributed by atoms with E-state index in [4.69, 9.17) is 4.74 Å². The van der Waals surface area contributed by atoms with Gasteiger partial charge in [-0.3, -0.25) is 0 Å². The average molecular weight is 336 g/mol. The number of aromatic nitrogens is 2. The second kappa shape index (κ2) is 7.24. The number of nitrogens with zero attached hydrogens (tertiary/aromatic N) is 2. The average Bonchev–Trinajstić information content (AvgIpc) is 2.48. The number of hydrogen-bond donors (Lipinski definition) is 1. The summed E-state index contributed by atoms with van der Waals surface area (Å²) >= 11 is 3.49. The fourth-order valence-electron chi connectivity index (χ4n) is 1.73. The molecule has 0 saturated heterocycles. The van der Waals surface area contributed by atoms with Crippen LogP contribution in [0.15, 0.2) is 35.1 Å². The standard InChI is InChI=1S/C15H18BrN3O/c1-3-8-17-14-13(16)15(19-10-18-14)20-12-7-5-6-11(4-2)9-12/h5-7,9-10H,3-4,8H2,1-2H3,(H,17,18,19). The lowest BCUT2D eigenvalue weighted by molar-refractivity contribution is 0.458. The highest BCUT2D eigenvalue weighted by Crippen LogP contribution is 2.32. The maximum Gasteiger partial charge on any atom is 0.238 e. The van der Waals surface area contributed by atoms with Crippen molar-refractivity contribution in [1.82, 2.24) is 9.97 Å². The molecular formula is C15H18BrN3O. The van der Waals surface area contributed by atoms with E-state index in [1.54, 1.807) is 0 Å².